The molecule has 0 saturated heterocycles. The van der Waals surface area contributed by atoms with Crippen LogP contribution in [0.4, 0.5) is 0 Å². The van der Waals surface area contributed by atoms with Crippen molar-refractivity contribution >= 4 is 5.91 Å². The maximum absolute atomic E-state index is 11.8. The maximum atomic E-state index is 11.8. The van der Waals surface area contributed by atoms with Gasteiger partial charge in [-0.3, -0.25) is 4.79 Å². The lowest BCUT2D eigenvalue weighted by Crippen LogP contribution is -2.51. The summed E-state index contributed by atoms with van der Waals surface area (Å²) in [5.41, 5.74) is 5.88. The number of carbonyl (C=O) groups excluding carboxylic acids is 1. The summed E-state index contributed by atoms with van der Waals surface area (Å²) in [5, 5.41) is 3.13. The van der Waals surface area contributed by atoms with E-state index in [0.717, 1.165) is 19.3 Å². The number of nitrogens with two attached hydrogens (primary N) is 1. The Morgan fingerprint density at radius 3 is 2.60 bits per heavy atom. The third kappa shape index (κ3) is 2.51. The molecule has 2 aliphatic carbocycles. The van der Waals surface area contributed by atoms with Crippen LogP contribution in [0, 0.1) is 5.92 Å². The molecule has 2 saturated carbocycles. The Kier molecular flexibility index (Phi) is 3.01. The van der Waals surface area contributed by atoms with Gasteiger partial charge in [-0.2, -0.15) is 0 Å². The van der Waals surface area contributed by atoms with E-state index in [-0.39, 0.29) is 11.4 Å². The largest absolute Gasteiger partial charge is 0.353 e. The van der Waals surface area contributed by atoms with Crippen molar-refractivity contribution in [3.05, 3.63) is 0 Å². The van der Waals surface area contributed by atoms with Gasteiger partial charge in [0.15, 0.2) is 0 Å². The smallest absolute Gasteiger partial charge is 0.222 e. The summed E-state index contributed by atoms with van der Waals surface area (Å²) in [5.74, 6) is 0.806. The number of hydrogen-bond donors (Lipinski definition) is 2. The van der Waals surface area contributed by atoms with E-state index in [1.807, 2.05) is 0 Å². The molecule has 0 aliphatic heterocycles. The Morgan fingerprint density at radius 1 is 1.40 bits per heavy atom. The summed E-state index contributed by atoms with van der Waals surface area (Å²) in [6, 6.07) is 0.404. The van der Waals surface area contributed by atoms with Gasteiger partial charge >= 0.3 is 0 Å². The lowest BCUT2D eigenvalue weighted by atomic mass is 9.75. The molecule has 0 radical (unpaired) electrons. The highest BCUT2D eigenvalue weighted by atomic mass is 16.1. The Labute approximate surface area is 91.8 Å². The minimum Gasteiger partial charge on any atom is -0.353 e. The van der Waals surface area contributed by atoms with Gasteiger partial charge in [0.05, 0.1) is 0 Å². The second-order valence-electron chi connectivity index (χ2n) is 5.47. The molecule has 3 heteroatoms. The average molecular weight is 210 g/mol. The van der Waals surface area contributed by atoms with Crippen LogP contribution in [0.5, 0.6) is 0 Å². The van der Waals surface area contributed by atoms with Gasteiger partial charge < -0.3 is 11.1 Å². The van der Waals surface area contributed by atoms with Crippen LogP contribution in [-0.2, 0) is 4.79 Å². The fourth-order valence-corrected chi connectivity index (χ4v) is 2.75. The highest BCUT2D eigenvalue weighted by Gasteiger charge is 2.35. The molecule has 0 aromatic heterocycles. The number of amides is 1. The number of carbonyl (C=O) groups is 1. The lowest BCUT2D eigenvalue weighted by Gasteiger charge is -2.37. The molecule has 3 nitrogen and oxygen atoms in total. The van der Waals surface area contributed by atoms with E-state index in [1.165, 1.54) is 19.3 Å². The van der Waals surface area contributed by atoms with E-state index in [9.17, 15) is 4.79 Å². The second kappa shape index (κ2) is 4.12. The fraction of sp³-hybridized carbons (Fsp3) is 0.917. The predicted molar refractivity (Wildman–Crippen MR) is 60.3 cm³/mol. The van der Waals surface area contributed by atoms with Crippen molar-refractivity contribution in [2.24, 2.45) is 11.7 Å². The summed E-state index contributed by atoms with van der Waals surface area (Å²) in [6.45, 7) is 2.22. The normalized spacial score (nSPS) is 33.5. The zero-order valence-electron chi connectivity index (χ0n) is 9.59. The number of hydrogen-bond acceptors (Lipinski definition) is 2. The number of nitrogens with one attached hydrogen (secondary N) is 1. The van der Waals surface area contributed by atoms with Gasteiger partial charge in [0, 0.05) is 18.0 Å². The minimum absolute atomic E-state index is 0.163. The maximum Gasteiger partial charge on any atom is 0.222 e. The first kappa shape index (κ1) is 10.9. The predicted octanol–water partition coefficient (Wildman–Crippen LogP) is 1.56. The standard InChI is InChI=1S/C12H22N2O/c1-9-4-2-5-10(9)14-11(15)8-12(13)6-3-7-12/h9-10H,2-8,13H2,1H3,(H,14,15). The first-order valence-electron chi connectivity index (χ1n) is 6.17. The lowest BCUT2D eigenvalue weighted by molar-refractivity contribution is -0.123. The van der Waals surface area contributed by atoms with Gasteiger partial charge in [0.25, 0.3) is 0 Å². The van der Waals surface area contributed by atoms with Crippen LogP contribution in [0.15, 0.2) is 0 Å². The quantitative estimate of drug-likeness (QED) is 0.742. The topological polar surface area (TPSA) is 55.1 Å². The zero-order chi connectivity index (χ0) is 10.9. The van der Waals surface area contributed by atoms with Gasteiger partial charge in [-0.05, 0) is 38.0 Å². The number of rotatable bonds is 3. The van der Waals surface area contributed by atoms with Crippen LogP contribution in [0.1, 0.15) is 51.9 Å². The molecule has 3 N–H and O–H groups in total. The van der Waals surface area contributed by atoms with Crippen molar-refractivity contribution in [3.63, 3.8) is 0 Å². The summed E-state index contributed by atoms with van der Waals surface area (Å²) in [4.78, 5) is 11.8. The summed E-state index contributed by atoms with van der Waals surface area (Å²) < 4.78 is 0. The molecule has 2 unspecified atom stereocenters. The third-order valence-corrected chi connectivity index (χ3v) is 4.07. The molecular formula is C12H22N2O. The van der Waals surface area contributed by atoms with Crippen molar-refractivity contribution in [3.8, 4) is 0 Å². The van der Waals surface area contributed by atoms with E-state index in [0.29, 0.717) is 18.4 Å². The van der Waals surface area contributed by atoms with Gasteiger partial charge in [-0.1, -0.05) is 13.3 Å². The molecule has 15 heavy (non-hydrogen) atoms. The van der Waals surface area contributed by atoms with Crippen LogP contribution >= 0.6 is 0 Å². The molecule has 2 fully saturated rings. The van der Waals surface area contributed by atoms with Crippen molar-refractivity contribution in [2.45, 2.75) is 63.5 Å². The molecule has 0 spiro atoms. The molecule has 2 aliphatic rings. The molecule has 2 atom stereocenters. The molecule has 0 heterocycles. The van der Waals surface area contributed by atoms with Crippen LogP contribution in [-0.4, -0.2) is 17.5 Å². The summed E-state index contributed by atoms with van der Waals surface area (Å²) in [7, 11) is 0. The summed E-state index contributed by atoms with van der Waals surface area (Å²) >= 11 is 0. The molecule has 1 amide bonds. The van der Waals surface area contributed by atoms with E-state index < -0.39 is 0 Å². The van der Waals surface area contributed by atoms with Gasteiger partial charge in [0.1, 0.15) is 0 Å². The molecular weight excluding hydrogens is 188 g/mol. The Hall–Kier alpha value is -0.570. The second-order valence-corrected chi connectivity index (χ2v) is 5.47. The Balaban J connectivity index is 1.76. The molecule has 0 aromatic rings. The SMILES string of the molecule is CC1CCCC1NC(=O)CC1(N)CCC1. The molecule has 0 aromatic carbocycles. The Bertz CT molecular complexity index is 248. The van der Waals surface area contributed by atoms with Crippen LogP contribution in [0.2, 0.25) is 0 Å². The third-order valence-electron chi connectivity index (χ3n) is 4.07. The van der Waals surface area contributed by atoms with Crippen molar-refractivity contribution in [2.75, 3.05) is 0 Å². The molecule has 86 valence electrons. The summed E-state index contributed by atoms with van der Waals surface area (Å²) in [6.07, 6.45) is 7.38. The van der Waals surface area contributed by atoms with Crippen molar-refractivity contribution in [1.29, 1.82) is 0 Å². The van der Waals surface area contributed by atoms with E-state index in [2.05, 4.69) is 12.2 Å². The van der Waals surface area contributed by atoms with Gasteiger partial charge in [-0.15, -0.1) is 0 Å². The highest BCUT2D eigenvalue weighted by molar-refractivity contribution is 5.77. The van der Waals surface area contributed by atoms with Crippen LogP contribution in [0.3, 0.4) is 0 Å². The first-order valence-corrected chi connectivity index (χ1v) is 6.17. The van der Waals surface area contributed by atoms with Crippen molar-refractivity contribution in [1.82, 2.24) is 5.32 Å². The molecule has 0 bridgehead atoms. The van der Waals surface area contributed by atoms with E-state index >= 15 is 0 Å². The van der Waals surface area contributed by atoms with Crippen LogP contribution < -0.4 is 11.1 Å². The minimum atomic E-state index is -0.175. The van der Waals surface area contributed by atoms with Crippen LogP contribution in [0.25, 0.3) is 0 Å². The van der Waals surface area contributed by atoms with E-state index in [4.69, 9.17) is 5.73 Å². The average Bonchev–Trinajstić information content (AvgIpc) is 2.49. The van der Waals surface area contributed by atoms with Gasteiger partial charge in [-0.25, -0.2) is 0 Å². The highest BCUT2D eigenvalue weighted by Crippen LogP contribution is 2.32. The van der Waals surface area contributed by atoms with Gasteiger partial charge in [0.2, 0.25) is 5.91 Å². The van der Waals surface area contributed by atoms with E-state index in [1.54, 1.807) is 0 Å². The zero-order valence-corrected chi connectivity index (χ0v) is 9.59. The molecule has 2 rings (SSSR count). The first-order chi connectivity index (χ1) is 7.09. The fourth-order valence-electron chi connectivity index (χ4n) is 2.75. The van der Waals surface area contributed by atoms with Crippen molar-refractivity contribution < 1.29 is 4.79 Å². The monoisotopic (exact) mass is 210 g/mol. The Morgan fingerprint density at radius 2 is 2.13 bits per heavy atom.